The highest BCUT2D eigenvalue weighted by Gasteiger charge is 2.18. The summed E-state index contributed by atoms with van der Waals surface area (Å²) < 4.78 is 5.85. The summed E-state index contributed by atoms with van der Waals surface area (Å²) in [6.45, 7) is 4.88. The number of allylic oxidation sites excluding steroid dienone is 4. The third kappa shape index (κ3) is 4.27. The molecule has 0 atom stereocenters. The number of hydrogen-bond donors (Lipinski definition) is 0. The van der Waals surface area contributed by atoms with Crippen molar-refractivity contribution in [1.29, 1.82) is 0 Å². The summed E-state index contributed by atoms with van der Waals surface area (Å²) in [5, 5.41) is 0. The van der Waals surface area contributed by atoms with Gasteiger partial charge in [0, 0.05) is 6.42 Å². The van der Waals surface area contributed by atoms with E-state index < -0.39 is 0 Å². The van der Waals surface area contributed by atoms with Crippen molar-refractivity contribution in [2.24, 2.45) is 0 Å². The summed E-state index contributed by atoms with van der Waals surface area (Å²) in [4.78, 5) is 11.9. The quantitative estimate of drug-likeness (QED) is 0.698. The number of carbonyl (C=O) groups is 1. The standard InChI is InChI=1S/C23H24O2/c1-3-17(2)22-14-11-20(24)15-23(22)19-9-12-21(13-10-19)25-16-18-7-5-4-6-8-18/h4-10,12-13,15H,3,11,14,16H2,1-2H3. The minimum absolute atomic E-state index is 0.215. The van der Waals surface area contributed by atoms with Gasteiger partial charge in [-0.1, -0.05) is 55.0 Å². The van der Waals surface area contributed by atoms with Gasteiger partial charge in [-0.3, -0.25) is 4.79 Å². The van der Waals surface area contributed by atoms with Crippen LogP contribution in [0.3, 0.4) is 0 Å². The van der Waals surface area contributed by atoms with E-state index in [1.54, 1.807) is 6.08 Å². The number of ketones is 1. The van der Waals surface area contributed by atoms with E-state index in [1.165, 1.54) is 11.1 Å². The molecule has 0 N–H and O–H groups in total. The molecule has 2 aromatic carbocycles. The topological polar surface area (TPSA) is 26.3 Å². The first-order valence-electron chi connectivity index (χ1n) is 8.88. The summed E-state index contributed by atoms with van der Waals surface area (Å²) in [6, 6.07) is 18.2. The summed E-state index contributed by atoms with van der Waals surface area (Å²) >= 11 is 0. The van der Waals surface area contributed by atoms with Gasteiger partial charge >= 0.3 is 0 Å². The van der Waals surface area contributed by atoms with Gasteiger partial charge in [0.2, 0.25) is 0 Å². The molecule has 0 spiro atoms. The zero-order chi connectivity index (χ0) is 17.6. The summed E-state index contributed by atoms with van der Waals surface area (Å²) in [6.07, 6.45) is 4.28. The highest BCUT2D eigenvalue weighted by molar-refractivity contribution is 6.03. The molecule has 0 bridgehead atoms. The highest BCUT2D eigenvalue weighted by Crippen LogP contribution is 2.34. The van der Waals surface area contributed by atoms with Crippen LogP contribution in [0.25, 0.3) is 5.57 Å². The molecule has 0 amide bonds. The molecule has 2 aromatic rings. The monoisotopic (exact) mass is 332 g/mol. The fourth-order valence-corrected chi connectivity index (χ4v) is 3.09. The lowest BCUT2D eigenvalue weighted by Gasteiger charge is -2.20. The summed E-state index contributed by atoms with van der Waals surface area (Å²) in [5.41, 5.74) is 5.99. The molecule has 3 rings (SSSR count). The maximum Gasteiger partial charge on any atom is 0.156 e. The van der Waals surface area contributed by atoms with Gasteiger partial charge in [-0.2, -0.15) is 0 Å². The lowest BCUT2D eigenvalue weighted by Crippen LogP contribution is -2.07. The second-order valence-electron chi connectivity index (χ2n) is 6.44. The van der Waals surface area contributed by atoms with Crippen LogP contribution in [-0.2, 0) is 11.4 Å². The lowest BCUT2D eigenvalue weighted by molar-refractivity contribution is -0.114. The Morgan fingerprint density at radius 1 is 1.00 bits per heavy atom. The van der Waals surface area contributed by atoms with Gasteiger partial charge in [-0.15, -0.1) is 0 Å². The van der Waals surface area contributed by atoms with Gasteiger partial charge in [0.15, 0.2) is 5.78 Å². The number of benzene rings is 2. The molecule has 2 nitrogen and oxygen atoms in total. The average molecular weight is 332 g/mol. The van der Waals surface area contributed by atoms with E-state index in [-0.39, 0.29) is 5.78 Å². The van der Waals surface area contributed by atoms with Gasteiger partial charge < -0.3 is 4.74 Å². The van der Waals surface area contributed by atoms with Crippen molar-refractivity contribution >= 4 is 11.4 Å². The number of rotatable bonds is 5. The largest absolute Gasteiger partial charge is 0.489 e. The molecule has 0 saturated heterocycles. The third-order valence-corrected chi connectivity index (χ3v) is 4.71. The first-order valence-corrected chi connectivity index (χ1v) is 8.88. The van der Waals surface area contributed by atoms with Crippen LogP contribution in [0.1, 0.15) is 44.2 Å². The number of carbonyl (C=O) groups excluding carboxylic acids is 1. The minimum atomic E-state index is 0.215. The summed E-state index contributed by atoms with van der Waals surface area (Å²) in [5.74, 6) is 1.06. The second-order valence-corrected chi connectivity index (χ2v) is 6.44. The van der Waals surface area contributed by atoms with E-state index in [4.69, 9.17) is 4.74 Å². The van der Waals surface area contributed by atoms with Crippen molar-refractivity contribution in [3.05, 3.63) is 82.9 Å². The molecule has 1 aliphatic carbocycles. The normalized spacial score (nSPS) is 16.4. The van der Waals surface area contributed by atoms with Crippen LogP contribution in [-0.4, -0.2) is 5.78 Å². The molecular weight excluding hydrogens is 308 g/mol. The number of ether oxygens (including phenoxy) is 1. The molecule has 0 unspecified atom stereocenters. The van der Waals surface area contributed by atoms with Gasteiger partial charge in [0.05, 0.1) is 0 Å². The Kier molecular flexibility index (Phi) is 5.49. The lowest BCUT2D eigenvalue weighted by atomic mass is 9.85. The van der Waals surface area contributed by atoms with Crippen molar-refractivity contribution in [1.82, 2.24) is 0 Å². The highest BCUT2D eigenvalue weighted by atomic mass is 16.5. The minimum Gasteiger partial charge on any atom is -0.489 e. The Morgan fingerprint density at radius 3 is 2.40 bits per heavy atom. The molecule has 0 aromatic heterocycles. The Hall–Kier alpha value is -2.61. The molecule has 0 saturated carbocycles. The van der Waals surface area contributed by atoms with E-state index in [0.29, 0.717) is 13.0 Å². The zero-order valence-electron chi connectivity index (χ0n) is 14.9. The van der Waals surface area contributed by atoms with Crippen LogP contribution in [0.4, 0.5) is 0 Å². The second kappa shape index (κ2) is 7.98. The first kappa shape index (κ1) is 17.2. The van der Waals surface area contributed by atoms with Crippen molar-refractivity contribution in [2.75, 3.05) is 0 Å². The fraction of sp³-hybridized carbons (Fsp3) is 0.261. The molecule has 0 fully saturated rings. The Labute approximate surface area is 149 Å². The Morgan fingerprint density at radius 2 is 1.72 bits per heavy atom. The first-order chi connectivity index (χ1) is 12.2. The molecule has 0 aliphatic heterocycles. The maximum absolute atomic E-state index is 11.9. The fourth-order valence-electron chi connectivity index (χ4n) is 3.09. The maximum atomic E-state index is 11.9. The van der Waals surface area contributed by atoms with Crippen LogP contribution >= 0.6 is 0 Å². The van der Waals surface area contributed by atoms with E-state index in [2.05, 4.69) is 26.0 Å². The van der Waals surface area contributed by atoms with Crippen LogP contribution < -0.4 is 4.74 Å². The zero-order valence-corrected chi connectivity index (χ0v) is 14.9. The van der Waals surface area contributed by atoms with Crippen molar-refractivity contribution < 1.29 is 9.53 Å². The van der Waals surface area contributed by atoms with Crippen molar-refractivity contribution in [3.8, 4) is 5.75 Å². The molecule has 128 valence electrons. The molecule has 2 heteroatoms. The van der Waals surface area contributed by atoms with E-state index >= 15 is 0 Å². The van der Waals surface area contributed by atoms with Crippen LogP contribution in [0.2, 0.25) is 0 Å². The SMILES string of the molecule is CCC(C)=C1CCC(=O)C=C1c1ccc(OCc2ccccc2)cc1. The van der Waals surface area contributed by atoms with Gasteiger partial charge in [-0.25, -0.2) is 0 Å². The Bertz CT molecular complexity index is 796. The van der Waals surface area contributed by atoms with Gasteiger partial charge in [0.1, 0.15) is 12.4 Å². The average Bonchev–Trinajstić information content (AvgIpc) is 2.67. The van der Waals surface area contributed by atoms with E-state index in [9.17, 15) is 4.79 Å². The molecular formula is C23H24O2. The third-order valence-electron chi connectivity index (χ3n) is 4.71. The molecule has 25 heavy (non-hydrogen) atoms. The van der Waals surface area contributed by atoms with Crippen molar-refractivity contribution in [3.63, 3.8) is 0 Å². The van der Waals surface area contributed by atoms with Crippen molar-refractivity contribution in [2.45, 2.75) is 39.7 Å². The smallest absolute Gasteiger partial charge is 0.156 e. The van der Waals surface area contributed by atoms with Crippen LogP contribution in [0.15, 0.2) is 71.8 Å². The number of hydrogen-bond acceptors (Lipinski definition) is 2. The Balaban J connectivity index is 1.78. The van der Waals surface area contributed by atoms with E-state index in [1.807, 2.05) is 42.5 Å². The van der Waals surface area contributed by atoms with Crippen LogP contribution in [0.5, 0.6) is 5.75 Å². The predicted molar refractivity (Wildman–Crippen MR) is 102 cm³/mol. The van der Waals surface area contributed by atoms with Gasteiger partial charge in [-0.05, 0) is 60.2 Å². The predicted octanol–water partition coefficient (Wildman–Crippen LogP) is 5.74. The molecule has 1 aliphatic rings. The molecule has 0 radical (unpaired) electrons. The van der Waals surface area contributed by atoms with E-state index in [0.717, 1.165) is 35.3 Å². The molecule has 0 heterocycles. The van der Waals surface area contributed by atoms with Crippen LogP contribution in [0, 0.1) is 0 Å². The summed E-state index contributed by atoms with van der Waals surface area (Å²) in [7, 11) is 0. The van der Waals surface area contributed by atoms with Gasteiger partial charge in [0.25, 0.3) is 0 Å².